The Labute approximate surface area is 93.2 Å². The number of aromatic nitrogens is 4. The van der Waals surface area contributed by atoms with Crippen LogP contribution in [0.5, 0.6) is 0 Å². The van der Waals surface area contributed by atoms with Crippen molar-refractivity contribution in [2.45, 2.75) is 20.8 Å². The summed E-state index contributed by atoms with van der Waals surface area (Å²) in [6.45, 7) is 5.20. The second-order valence-electron chi connectivity index (χ2n) is 3.58. The molecule has 0 aliphatic heterocycles. The van der Waals surface area contributed by atoms with Gasteiger partial charge >= 0.3 is 0 Å². The highest BCUT2D eigenvalue weighted by molar-refractivity contribution is 5.93. The zero-order chi connectivity index (χ0) is 11.7. The van der Waals surface area contributed by atoms with E-state index in [2.05, 4.69) is 15.1 Å². The first-order valence-electron chi connectivity index (χ1n) is 4.95. The highest BCUT2D eigenvalue weighted by Gasteiger charge is 2.06. The molecule has 5 heteroatoms. The second-order valence-corrected chi connectivity index (χ2v) is 3.58. The average Bonchev–Trinajstić information content (AvgIpc) is 2.58. The van der Waals surface area contributed by atoms with Crippen molar-refractivity contribution in [2.24, 2.45) is 0 Å². The summed E-state index contributed by atoms with van der Waals surface area (Å²) in [6.07, 6.45) is 1.55. The molecule has 0 unspecified atom stereocenters. The summed E-state index contributed by atoms with van der Waals surface area (Å²) < 4.78 is 1.65. The molecule has 0 fully saturated rings. The van der Waals surface area contributed by atoms with Crippen LogP contribution in [0, 0.1) is 13.8 Å². The minimum atomic E-state index is 0.00513. The number of rotatable bonds is 2. The van der Waals surface area contributed by atoms with Crippen LogP contribution in [-0.4, -0.2) is 25.5 Å². The van der Waals surface area contributed by atoms with E-state index < -0.39 is 0 Å². The lowest BCUT2D eigenvalue weighted by atomic mass is 10.2. The van der Waals surface area contributed by atoms with Crippen molar-refractivity contribution in [3.63, 3.8) is 0 Å². The van der Waals surface area contributed by atoms with Gasteiger partial charge in [0.1, 0.15) is 11.6 Å². The molecule has 5 nitrogen and oxygen atoms in total. The Bertz CT molecular complexity index is 527. The van der Waals surface area contributed by atoms with Gasteiger partial charge in [0.2, 0.25) is 0 Å². The van der Waals surface area contributed by atoms with E-state index in [1.54, 1.807) is 23.0 Å². The molecule has 0 saturated heterocycles. The maximum Gasteiger partial charge on any atom is 0.161 e. The van der Waals surface area contributed by atoms with Crippen LogP contribution in [-0.2, 0) is 0 Å². The first-order chi connectivity index (χ1) is 7.58. The van der Waals surface area contributed by atoms with E-state index in [-0.39, 0.29) is 5.78 Å². The van der Waals surface area contributed by atoms with Gasteiger partial charge in [-0.25, -0.2) is 9.97 Å². The number of hydrogen-bond acceptors (Lipinski definition) is 4. The lowest BCUT2D eigenvalue weighted by Crippen LogP contribution is -2.03. The standard InChI is InChI=1S/C11H12N4O/c1-7(16)10-4-5-11(12-6-10)15-9(3)13-8(2)14-15/h4-6H,1-3H3. The molecule has 0 atom stereocenters. The van der Waals surface area contributed by atoms with Gasteiger partial charge in [-0.2, -0.15) is 4.68 Å². The predicted octanol–water partition coefficient (Wildman–Crippen LogP) is 1.48. The van der Waals surface area contributed by atoms with Gasteiger partial charge in [0, 0.05) is 11.8 Å². The summed E-state index contributed by atoms with van der Waals surface area (Å²) in [5.41, 5.74) is 0.596. The van der Waals surface area contributed by atoms with Gasteiger partial charge < -0.3 is 0 Å². The molecule has 2 aromatic rings. The number of aryl methyl sites for hydroxylation is 2. The summed E-state index contributed by atoms with van der Waals surface area (Å²) in [5.74, 6) is 2.16. The molecule has 0 aliphatic rings. The van der Waals surface area contributed by atoms with Gasteiger partial charge in [-0.3, -0.25) is 4.79 Å². The van der Waals surface area contributed by atoms with Crippen molar-refractivity contribution in [1.82, 2.24) is 19.7 Å². The zero-order valence-corrected chi connectivity index (χ0v) is 9.43. The van der Waals surface area contributed by atoms with Gasteiger partial charge in [-0.1, -0.05) is 0 Å². The van der Waals surface area contributed by atoms with E-state index in [0.717, 1.165) is 5.82 Å². The van der Waals surface area contributed by atoms with Crippen LogP contribution in [0.15, 0.2) is 18.3 Å². The quantitative estimate of drug-likeness (QED) is 0.713. The second kappa shape index (κ2) is 3.84. The number of nitrogens with zero attached hydrogens (tertiary/aromatic N) is 4. The molecule has 0 spiro atoms. The van der Waals surface area contributed by atoms with Crippen LogP contribution in [0.3, 0.4) is 0 Å². The minimum absolute atomic E-state index is 0.00513. The summed E-state index contributed by atoms with van der Waals surface area (Å²) in [4.78, 5) is 19.5. The molecule has 0 aromatic carbocycles. The fourth-order valence-corrected chi connectivity index (χ4v) is 1.46. The van der Waals surface area contributed by atoms with E-state index in [1.165, 1.54) is 6.92 Å². The summed E-state index contributed by atoms with van der Waals surface area (Å²) in [6, 6.07) is 3.50. The Morgan fingerprint density at radius 3 is 2.50 bits per heavy atom. The molecule has 82 valence electrons. The maximum atomic E-state index is 11.1. The third-order valence-electron chi connectivity index (χ3n) is 2.25. The molecule has 2 rings (SSSR count). The molecule has 0 saturated carbocycles. The van der Waals surface area contributed by atoms with Crippen molar-refractivity contribution in [3.05, 3.63) is 35.5 Å². The average molecular weight is 216 g/mol. The van der Waals surface area contributed by atoms with E-state index in [1.807, 2.05) is 13.8 Å². The molecule has 0 N–H and O–H groups in total. The fourth-order valence-electron chi connectivity index (χ4n) is 1.46. The molecule has 16 heavy (non-hydrogen) atoms. The van der Waals surface area contributed by atoms with E-state index in [9.17, 15) is 4.79 Å². The van der Waals surface area contributed by atoms with Gasteiger partial charge in [0.25, 0.3) is 0 Å². The number of carbonyl (C=O) groups excluding carboxylic acids is 1. The molecular formula is C11H12N4O. The lowest BCUT2D eigenvalue weighted by molar-refractivity contribution is 0.101. The Balaban J connectivity index is 2.42. The normalized spacial score (nSPS) is 10.4. The smallest absolute Gasteiger partial charge is 0.161 e. The van der Waals surface area contributed by atoms with Crippen molar-refractivity contribution >= 4 is 5.78 Å². The zero-order valence-electron chi connectivity index (χ0n) is 9.43. The van der Waals surface area contributed by atoms with Crippen LogP contribution in [0.4, 0.5) is 0 Å². The van der Waals surface area contributed by atoms with Crippen LogP contribution in [0.1, 0.15) is 28.9 Å². The summed E-state index contributed by atoms with van der Waals surface area (Å²) in [7, 11) is 0. The molecule has 0 bridgehead atoms. The SMILES string of the molecule is CC(=O)c1ccc(-n2nc(C)nc2C)nc1. The third-order valence-corrected chi connectivity index (χ3v) is 2.25. The van der Waals surface area contributed by atoms with Crippen molar-refractivity contribution in [2.75, 3.05) is 0 Å². The van der Waals surface area contributed by atoms with Crippen LogP contribution < -0.4 is 0 Å². The predicted molar refractivity (Wildman–Crippen MR) is 58.6 cm³/mol. The van der Waals surface area contributed by atoms with Crippen molar-refractivity contribution in [1.29, 1.82) is 0 Å². The number of ketones is 1. The number of hydrogen-bond donors (Lipinski definition) is 0. The Morgan fingerprint density at radius 1 is 1.31 bits per heavy atom. The number of Topliss-reactive ketones (excluding diaryl/α,β-unsaturated/α-hetero) is 1. The van der Waals surface area contributed by atoms with E-state index >= 15 is 0 Å². The topological polar surface area (TPSA) is 60.7 Å². The highest BCUT2D eigenvalue weighted by Crippen LogP contribution is 2.07. The first kappa shape index (κ1) is 10.5. The lowest BCUT2D eigenvalue weighted by Gasteiger charge is -2.02. The molecule has 0 aliphatic carbocycles. The summed E-state index contributed by atoms with van der Waals surface area (Å²) >= 11 is 0. The minimum Gasteiger partial charge on any atom is -0.294 e. The van der Waals surface area contributed by atoms with E-state index in [4.69, 9.17) is 0 Å². The number of pyridine rings is 1. The summed E-state index contributed by atoms with van der Waals surface area (Å²) in [5, 5.41) is 4.21. The van der Waals surface area contributed by atoms with Crippen LogP contribution >= 0.6 is 0 Å². The molecule has 2 heterocycles. The fraction of sp³-hybridized carbons (Fsp3) is 0.273. The molecule has 0 amide bonds. The third kappa shape index (κ3) is 1.84. The van der Waals surface area contributed by atoms with Gasteiger partial charge in [-0.15, -0.1) is 5.10 Å². The Morgan fingerprint density at radius 2 is 2.06 bits per heavy atom. The first-order valence-corrected chi connectivity index (χ1v) is 4.95. The van der Waals surface area contributed by atoms with Gasteiger partial charge in [0.05, 0.1) is 0 Å². The maximum absolute atomic E-state index is 11.1. The molecule has 2 aromatic heterocycles. The molecule has 0 radical (unpaired) electrons. The van der Waals surface area contributed by atoms with Gasteiger partial charge in [0.15, 0.2) is 11.6 Å². The highest BCUT2D eigenvalue weighted by atomic mass is 16.1. The Kier molecular flexibility index (Phi) is 2.52. The van der Waals surface area contributed by atoms with Crippen molar-refractivity contribution < 1.29 is 4.79 Å². The molecular weight excluding hydrogens is 204 g/mol. The van der Waals surface area contributed by atoms with Crippen LogP contribution in [0.25, 0.3) is 5.82 Å². The van der Waals surface area contributed by atoms with Gasteiger partial charge in [-0.05, 0) is 32.9 Å². The Hall–Kier alpha value is -2.04. The number of carbonyl (C=O) groups is 1. The van der Waals surface area contributed by atoms with Crippen LogP contribution in [0.2, 0.25) is 0 Å². The largest absolute Gasteiger partial charge is 0.294 e. The van der Waals surface area contributed by atoms with Crippen molar-refractivity contribution in [3.8, 4) is 5.82 Å². The monoisotopic (exact) mass is 216 g/mol. The van der Waals surface area contributed by atoms with E-state index in [0.29, 0.717) is 17.2 Å².